The van der Waals surface area contributed by atoms with E-state index in [1.807, 2.05) is 13.8 Å². The van der Waals surface area contributed by atoms with Crippen LogP contribution in [-0.2, 0) is 6.42 Å². The highest BCUT2D eigenvalue weighted by Gasteiger charge is 2.26. The molecule has 0 fully saturated rings. The lowest BCUT2D eigenvalue weighted by molar-refractivity contribution is 0.266. The monoisotopic (exact) mass is 351 g/mol. The summed E-state index contributed by atoms with van der Waals surface area (Å²) in [5, 5.41) is 12.8. The van der Waals surface area contributed by atoms with Gasteiger partial charge in [-0.3, -0.25) is 0 Å². The lowest BCUT2D eigenvalue weighted by Crippen LogP contribution is -2.18. The lowest BCUT2D eigenvalue weighted by atomic mass is 9.81. The predicted octanol–water partition coefficient (Wildman–Crippen LogP) is 4.51. The van der Waals surface area contributed by atoms with Crippen molar-refractivity contribution in [3.63, 3.8) is 0 Å². The van der Waals surface area contributed by atoms with Crippen LogP contribution in [0.2, 0.25) is 0 Å². The molecule has 0 saturated carbocycles. The Bertz CT molecular complexity index is 680. The summed E-state index contributed by atoms with van der Waals surface area (Å²) in [5.74, 6) is 0.565. The minimum atomic E-state index is -0.332. The number of rotatable bonds is 5. The number of benzene rings is 1. The number of hydrogen-bond acceptors (Lipinski definition) is 4. The van der Waals surface area contributed by atoms with Gasteiger partial charge in [-0.25, -0.2) is 4.39 Å². The van der Waals surface area contributed by atoms with E-state index in [2.05, 4.69) is 32.1 Å². The summed E-state index contributed by atoms with van der Waals surface area (Å²) in [6.07, 6.45) is 1.82. The Morgan fingerprint density at radius 1 is 1.48 bits per heavy atom. The lowest BCUT2D eigenvalue weighted by Gasteiger charge is -2.22. The van der Waals surface area contributed by atoms with E-state index in [1.54, 1.807) is 6.07 Å². The molecular formula is C15H15BrFN3O. The molecule has 2 aromatic rings. The van der Waals surface area contributed by atoms with Gasteiger partial charge >= 0.3 is 0 Å². The molecule has 0 bridgehead atoms. The van der Waals surface area contributed by atoms with Crippen LogP contribution in [0, 0.1) is 22.6 Å². The minimum Gasteiger partial charge on any atom is -0.339 e. The van der Waals surface area contributed by atoms with Gasteiger partial charge in [0.25, 0.3) is 0 Å². The molecule has 1 heterocycles. The fourth-order valence-corrected chi connectivity index (χ4v) is 2.50. The van der Waals surface area contributed by atoms with Gasteiger partial charge in [0.1, 0.15) is 5.82 Å². The Balaban J connectivity index is 2.24. The Morgan fingerprint density at radius 3 is 2.86 bits per heavy atom. The van der Waals surface area contributed by atoms with Gasteiger partial charge < -0.3 is 4.52 Å². The van der Waals surface area contributed by atoms with Crippen LogP contribution in [0.5, 0.6) is 0 Å². The third-order valence-electron chi connectivity index (χ3n) is 3.58. The maximum atomic E-state index is 13.1. The van der Waals surface area contributed by atoms with E-state index < -0.39 is 0 Å². The van der Waals surface area contributed by atoms with Crippen molar-refractivity contribution in [3.8, 4) is 17.5 Å². The van der Waals surface area contributed by atoms with Crippen LogP contribution in [0.25, 0.3) is 11.4 Å². The second-order valence-electron chi connectivity index (χ2n) is 5.31. The Morgan fingerprint density at radius 2 is 2.24 bits per heavy atom. The van der Waals surface area contributed by atoms with Gasteiger partial charge in [0.05, 0.1) is 6.07 Å². The molecule has 0 aliphatic rings. The molecule has 4 nitrogen and oxygen atoms in total. The van der Waals surface area contributed by atoms with Crippen LogP contribution in [0.3, 0.4) is 0 Å². The smallest absolute Gasteiger partial charge is 0.227 e. The maximum absolute atomic E-state index is 13.1. The zero-order chi connectivity index (χ0) is 15.5. The first kappa shape index (κ1) is 15.6. The molecule has 0 saturated heterocycles. The van der Waals surface area contributed by atoms with Crippen molar-refractivity contribution >= 4 is 15.9 Å². The van der Waals surface area contributed by atoms with E-state index in [4.69, 9.17) is 9.78 Å². The summed E-state index contributed by atoms with van der Waals surface area (Å²) in [7, 11) is 0. The quantitative estimate of drug-likeness (QED) is 0.794. The number of aromatic nitrogens is 2. The molecule has 1 aromatic heterocycles. The highest BCUT2D eigenvalue weighted by atomic mass is 79.9. The van der Waals surface area contributed by atoms with E-state index in [9.17, 15) is 4.39 Å². The molecule has 0 aliphatic heterocycles. The highest BCUT2D eigenvalue weighted by Crippen LogP contribution is 2.31. The second-order valence-corrected chi connectivity index (χ2v) is 6.17. The molecular weight excluding hydrogens is 337 g/mol. The van der Waals surface area contributed by atoms with Crippen LogP contribution < -0.4 is 0 Å². The zero-order valence-electron chi connectivity index (χ0n) is 11.9. The van der Waals surface area contributed by atoms with Crippen molar-refractivity contribution in [2.24, 2.45) is 5.41 Å². The first-order valence-corrected chi connectivity index (χ1v) is 7.41. The van der Waals surface area contributed by atoms with Crippen LogP contribution in [0.4, 0.5) is 4.39 Å². The fourth-order valence-electron chi connectivity index (χ4n) is 1.98. The molecule has 0 N–H and O–H groups in total. The van der Waals surface area contributed by atoms with Crippen LogP contribution in [-0.4, -0.2) is 10.1 Å². The second kappa shape index (κ2) is 6.35. The van der Waals surface area contributed by atoms with Gasteiger partial charge in [0, 0.05) is 22.9 Å². The minimum absolute atomic E-state index is 0.182. The van der Waals surface area contributed by atoms with Crippen molar-refractivity contribution in [1.29, 1.82) is 5.26 Å². The largest absolute Gasteiger partial charge is 0.339 e. The van der Waals surface area contributed by atoms with Gasteiger partial charge in [0.2, 0.25) is 11.7 Å². The van der Waals surface area contributed by atoms with Crippen LogP contribution >= 0.6 is 15.9 Å². The summed E-state index contributed by atoms with van der Waals surface area (Å²) >= 11 is 3.29. The molecule has 1 aromatic carbocycles. The van der Waals surface area contributed by atoms with E-state index in [1.165, 1.54) is 12.1 Å². The summed E-state index contributed by atoms with van der Waals surface area (Å²) in [4.78, 5) is 4.35. The summed E-state index contributed by atoms with van der Waals surface area (Å²) < 4.78 is 18.9. The summed E-state index contributed by atoms with van der Waals surface area (Å²) in [6, 6.07) is 6.50. The molecule has 0 spiro atoms. The maximum Gasteiger partial charge on any atom is 0.227 e. The number of hydrogen-bond donors (Lipinski definition) is 0. The SMILES string of the molecule is CCC(C)(CC#N)Cc1nc(-c2ccc(F)cc2Br)no1. The molecule has 21 heavy (non-hydrogen) atoms. The number of nitrogens with zero attached hydrogens (tertiary/aromatic N) is 3. The first-order valence-electron chi connectivity index (χ1n) is 6.62. The van der Waals surface area contributed by atoms with Gasteiger partial charge in [-0.1, -0.05) is 19.0 Å². The molecule has 110 valence electrons. The number of nitriles is 1. The highest BCUT2D eigenvalue weighted by molar-refractivity contribution is 9.10. The summed E-state index contributed by atoms with van der Waals surface area (Å²) in [6.45, 7) is 4.05. The average Bonchev–Trinajstić information content (AvgIpc) is 2.87. The van der Waals surface area contributed by atoms with E-state index in [-0.39, 0.29) is 11.2 Å². The van der Waals surface area contributed by atoms with Gasteiger partial charge in [-0.15, -0.1) is 0 Å². The Labute approximate surface area is 131 Å². The topological polar surface area (TPSA) is 62.7 Å². The van der Waals surface area contributed by atoms with Crippen molar-refractivity contribution in [1.82, 2.24) is 10.1 Å². The molecule has 1 unspecified atom stereocenters. The van der Waals surface area contributed by atoms with E-state index in [0.717, 1.165) is 6.42 Å². The van der Waals surface area contributed by atoms with Crippen molar-refractivity contribution < 1.29 is 8.91 Å². The van der Waals surface area contributed by atoms with Crippen molar-refractivity contribution in [2.45, 2.75) is 33.1 Å². The summed E-state index contributed by atoms with van der Waals surface area (Å²) in [5.41, 5.74) is 0.489. The van der Waals surface area contributed by atoms with E-state index >= 15 is 0 Å². The molecule has 6 heteroatoms. The van der Waals surface area contributed by atoms with Crippen molar-refractivity contribution in [3.05, 3.63) is 34.4 Å². The standard InChI is InChI=1S/C15H15BrFN3O/c1-3-15(2,6-7-18)9-13-19-14(20-21-13)11-5-4-10(17)8-12(11)16/h4-5,8H,3,6,9H2,1-2H3. The average molecular weight is 352 g/mol. The predicted molar refractivity (Wildman–Crippen MR) is 79.7 cm³/mol. The normalized spacial score (nSPS) is 13.7. The van der Waals surface area contributed by atoms with Gasteiger partial charge in [-0.05, 0) is 46.0 Å². The fraction of sp³-hybridized carbons (Fsp3) is 0.400. The molecule has 0 radical (unpaired) electrons. The van der Waals surface area contributed by atoms with Gasteiger partial charge in [0.15, 0.2) is 0 Å². The van der Waals surface area contributed by atoms with Crippen LogP contribution in [0.15, 0.2) is 27.2 Å². The Hall–Kier alpha value is -1.74. The Kier molecular flexibility index (Phi) is 4.73. The molecule has 1 atom stereocenters. The number of halogens is 2. The van der Waals surface area contributed by atoms with Gasteiger partial charge in [-0.2, -0.15) is 10.2 Å². The first-order chi connectivity index (χ1) is 9.97. The molecule has 0 aliphatic carbocycles. The molecule has 0 amide bonds. The van der Waals surface area contributed by atoms with Crippen LogP contribution in [0.1, 0.15) is 32.6 Å². The molecule has 2 rings (SSSR count). The zero-order valence-corrected chi connectivity index (χ0v) is 13.4. The van der Waals surface area contributed by atoms with E-state index in [0.29, 0.717) is 34.6 Å². The third kappa shape index (κ3) is 3.67. The van der Waals surface area contributed by atoms with Crippen molar-refractivity contribution in [2.75, 3.05) is 0 Å². The third-order valence-corrected chi connectivity index (χ3v) is 4.23.